The molecule has 2 N–H and O–H groups in total. The molecule has 13 heavy (non-hydrogen) atoms. The van der Waals surface area contributed by atoms with Gasteiger partial charge in [-0.3, -0.25) is 0 Å². The van der Waals surface area contributed by atoms with Crippen molar-refractivity contribution in [2.24, 2.45) is 11.7 Å². The third-order valence-electron chi connectivity index (χ3n) is 2.07. The number of hydrogen-bond donors (Lipinski definition) is 1. The molecule has 2 heteroatoms. The lowest BCUT2D eigenvalue weighted by molar-refractivity contribution is 0.523. The fourth-order valence-electron chi connectivity index (χ4n) is 1.18. The normalized spacial score (nSPS) is 12.5. The molecule has 0 aliphatic heterocycles. The van der Waals surface area contributed by atoms with Gasteiger partial charge in [-0.05, 0) is 31.1 Å². The van der Waals surface area contributed by atoms with Crippen LogP contribution < -0.4 is 5.73 Å². The lowest BCUT2D eigenvalue weighted by atomic mass is 10.0. The summed E-state index contributed by atoms with van der Waals surface area (Å²) in [5.41, 5.74) is 6.84. The molecule has 1 aromatic heterocycles. The molecule has 0 aromatic carbocycles. The molecular weight excluding hydrogens is 162 g/mol. The van der Waals surface area contributed by atoms with E-state index in [-0.39, 0.29) is 0 Å². The van der Waals surface area contributed by atoms with Crippen LogP contribution in [0.15, 0.2) is 22.1 Å². The highest BCUT2D eigenvalue weighted by atomic mass is 16.3. The van der Waals surface area contributed by atoms with Crippen molar-refractivity contribution in [3.63, 3.8) is 0 Å². The van der Waals surface area contributed by atoms with E-state index in [1.165, 1.54) is 5.57 Å². The van der Waals surface area contributed by atoms with Crippen LogP contribution in [0, 0.1) is 12.8 Å². The van der Waals surface area contributed by atoms with Gasteiger partial charge < -0.3 is 10.2 Å². The highest BCUT2D eigenvalue weighted by Crippen LogP contribution is 2.15. The molecule has 0 fully saturated rings. The fraction of sp³-hybridized carbons (Fsp3) is 0.455. The monoisotopic (exact) mass is 179 g/mol. The van der Waals surface area contributed by atoms with E-state index in [0.29, 0.717) is 12.5 Å². The van der Waals surface area contributed by atoms with Crippen LogP contribution in [0.25, 0.3) is 6.08 Å². The average molecular weight is 179 g/mol. The highest BCUT2D eigenvalue weighted by Gasteiger charge is 2.02. The third-order valence-corrected chi connectivity index (χ3v) is 2.07. The van der Waals surface area contributed by atoms with E-state index >= 15 is 0 Å². The number of rotatable bonds is 3. The van der Waals surface area contributed by atoms with Crippen molar-refractivity contribution in [2.75, 3.05) is 6.54 Å². The average Bonchev–Trinajstić information content (AvgIpc) is 2.46. The first-order valence-corrected chi connectivity index (χ1v) is 4.60. The molecule has 0 atom stereocenters. The molecule has 0 spiro atoms. The number of furan rings is 1. The summed E-state index contributed by atoms with van der Waals surface area (Å²) >= 11 is 0. The van der Waals surface area contributed by atoms with Crippen molar-refractivity contribution >= 4 is 6.08 Å². The minimum atomic E-state index is 0.482. The summed E-state index contributed by atoms with van der Waals surface area (Å²) in [7, 11) is 0. The summed E-state index contributed by atoms with van der Waals surface area (Å²) in [6.45, 7) is 6.80. The molecule has 0 aliphatic rings. The maximum absolute atomic E-state index is 5.62. The van der Waals surface area contributed by atoms with E-state index in [1.54, 1.807) is 0 Å². The van der Waals surface area contributed by atoms with Crippen molar-refractivity contribution in [1.29, 1.82) is 0 Å². The summed E-state index contributed by atoms with van der Waals surface area (Å²) in [6.07, 6.45) is 2.03. The topological polar surface area (TPSA) is 39.2 Å². The molecular formula is C11H17NO. The number of hydrogen-bond acceptors (Lipinski definition) is 2. The van der Waals surface area contributed by atoms with Crippen LogP contribution in [0.4, 0.5) is 0 Å². The van der Waals surface area contributed by atoms with Gasteiger partial charge in [-0.25, -0.2) is 0 Å². The Morgan fingerprint density at radius 1 is 1.54 bits per heavy atom. The number of nitrogens with two attached hydrogens (primary N) is 1. The van der Waals surface area contributed by atoms with Crippen LogP contribution in [0.3, 0.4) is 0 Å². The molecule has 2 nitrogen and oxygen atoms in total. The maximum Gasteiger partial charge on any atom is 0.127 e. The van der Waals surface area contributed by atoms with Crippen LogP contribution in [0.2, 0.25) is 0 Å². The van der Waals surface area contributed by atoms with Gasteiger partial charge in [-0.1, -0.05) is 19.4 Å². The van der Waals surface area contributed by atoms with E-state index in [4.69, 9.17) is 10.2 Å². The maximum atomic E-state index is 5.62. The van der Waals surface area contributed by atoms with Gasteiger partial charge >= 0.3 is 0 Å². The van der Waals surface area contributed by atoms with Gasteiger partial charge in [0.15, 0.2) is 0 Å². The van der Waals surface area contributed by atoms with Crippen molar-refractivity contribution in [1.82, 2.24) is 0 Å². The quantitative estimate of drug-likeness (QED) is 0.774. The Morgan fingerprint density at radius 3 is 2.62 bits per heavy atom. The summed E-state index contributed by atoms with van der Waals surface area (Å²) in [5, 5.41) is 0. The lowest BCUT2D eigenvalue weighted by Gasteiger charge is -2.06. The Labute approximate surface area is 79.4 Å². The van der Waals surface area contributed by atoms with Crippen LogP contribution in [-0.2, 0) is 0 Å². The number of aryl methyl sites for hydroxylation is 1. The Hall–Kier alpha value is -1.02. The van der Waals surface area contributed by atoms with Gasteiger partial charge in [-0.15, -0.1) is 0 Å². The molecule has 0 amide bonds. The molecule has 1 rings (SSSR count). The summed E-state index contributed by atoms with van der Waals surface area (Å²) in [5.74, 6) is 2.31. The SMILES string of the molecule is Cc1ccc(/C=C(\CN)C(C)C)o1. The molecule has 1 aromatic rings. The zero-order valence-corrected chi connectivity index (χ0v) is 8.50. The van der Waals surface area contributed by atoms with Crippen LogP contribution in [0.1, 0.15) is 25.4 Å². The van der Waals surface area contributed by atoms with Gasteiger partial charge in [-0.2, -0.15) is 0 Å². The predicted octanol–water partition coefficient (Wildman–Crippen LogP) is 2.59. The minimum absolute atomic E-state index is 0.482. The largest absolute Gasteiger partial charge is 0.462 e. The standard InChI is InChI=1S/C11H17NO/c1-8(2)10(7-12)6-11-5-4-9(3)13-11/h4-6,8H,7,12H2,1-3H3/b10-6+. The van der Waals surface area contributed by atoms with Crippen molar-refractivity contribution in [3.8, 4) is 0 Å². The second-order valence-corrected chi connectivity index (χ2v) is 3.53. The van der Waals surface area contributed by atoms with E-state index in [0.717, 1.165) is 11.5 Å². The zero-order chi connectivity index (χ0) is 9.84. The van der Waals surface area contributed by atoms with Crippen LogP contribution >= 0.6 is 0 Å². The summed E-state index contributed by atoms with van der Waals surface area (Å²) in [6, 6.07) is 3.92. The van der Waals surface area contributed by atoms with Crippen molar-refractivity contribution in [2.45, 2.75) is 20.8 Å². The summed E-state index contributed by atoms with van der Waals surface area (Å²) < 4.78 is 5.43. The molecule has 0 saturated carbocycles. The first-order chi connectivity index (χ1) is 6.13. The van der Waals surface area contributed by atoms with Crippen molar-refractivity contribution < 1.29 is 4.42 Å². The van der Waals surface area contributed by atoms with E-state index in [9.17, 15) is 0 Å². The molecule has 0 saturated heterocycles. The first kappa shape index (κ1) is 10.1. The Morgan fingerprint density at radius 2 is 2.23 bits per heavy atom. The van der Waals surface area contributed by atoms with Gasteiger partial charge in [0.05, 0.1) is 0 Å². The van der Waals surface area contributed by atoms with E-state index in [1.807, 2.05) is 25.1 Å². The van der Waals surface area contributed by atoms with Gasteiger partial charge in [0, 0.05) is 6.54 Å². The zero-order valence-electron chi connectivity index (χ0n) is 8.50. The van der Waals surface area contributed by atoms with Crippen LogP contribution in [0.5, 0.6) is 0 Å². The van der Waals surface area contributed by atoms with Gasteiger partial charge in [0.2, 0.25) is 0 Å². The van der Waals surface area contributed by atoms with Gasteiger partial charge in [0.25, 0.3) is 0 Å². The second-order valence-electron chi connectivity index (χ2n) is 3.53. The molecule has 0 bridgehead atoms. The molecule has 0 aliphatic carbocycles. The highest BCUT2D eigenvalue weighted by molar-refractivity contribution is 5.48. The third kappa shape index (κ3) is 2.74. The Kier molecular flexibility index (Phi) is 3.32. The Bertz CT molecular complexity index is 297. The molecule has 1 heterocycles. The Balaban J connectivity index is 2.84. The summed E-state index contributed by atoms with van der Waals surface area (Å²) in [4.78, 5) is 0. The van der Waals surface area contributed by atoms with Crippen molar-refractivity contribution in [3.05, 3.63) is 29.2 Å². The smallest absolute Gasteiger partial charge is 0.127 e. The minimum Gasteiger partial charge on any atom is -0.462 e. The molecule has 72 valence electrons. The first-order valence-electron chi connectivity index (χ1n) is 4.60. The fourth-order valence-corrected chi connectivity index (χ4v) is 1.18. The van der Waals surface area contributed by atoms with Crippen LogP contribution in [-0.4, -0.2) is 6.54 Å². The predicted molar refractivity (Wildman–Crippen MR) is 55.3 cm³/mol. The molecule has 0 unspecified atom stereocenters. The second kappa shape index (κ2) is 4.28. The lowest BCUT2D eigenvalue weighted by Crippen LogP contribution is -2.07. The van der Waals surface area contributed by atoms with E-state index < -0.39 is 0 Å². The van der Waals surface area contributed by atoms with Gasteiger partial charge in [0.1, 0.15) is 11.5 Å². The molecule has 0 radical (unpaired) electrons. The van der Waals surface area contributed by atoms with E-state index in [2.05, 4.69) is 13.8 Å².